The summed E-state index contributed by atoms with van der Waals surface area (Å²) in [6.07, 6.45) is 4.77. The number of amides is 2. The summed E-state index contributed by atoms with van der Waals surface area (Å²) in [5.74, 6) is 1.76. The lowest BCUT2D eigenvalue weighted by Crippen LogP contribution is -2.40. The Labute approximate surface area is 137 Å². The Morgan fingerprint density at radius 1 is 1.26 bits per heavy atom. The van der Waals surface area contributed by atoms with Gasteiger partial charge in [-0.3, -0.25) is 0 Å². The van der Waals surface area contributed by atoms with E-state index in [4.69, 9.17) is 4.74 Å². The van der Waals surface area contributed by atoms with E-state index in [2.05, 4.69) is 10.6 Å². The fourth-order valence-corrected chi connectivity index (χ4v) is 3.38. The number of aliphatic hydroxyl groups is 1. The molecule has 2 aliphatic rings. The smallest absolute Gasteiger partial charge is 0.315 e. The summed E-state index contributed by atoms with van der Waals surface area (Å²) in [6, 6.07) is 7.87. The lowest BCUT2D eigenvalue weighted by molar-refractivity contribution is 0.177. The molecular weight excluding hydrogens is 292 g/mol. The number of hydrogen-bond donors (Lipinski definition) is 3. The van der Waals surface area contributed by atoms with Crippen LogP contribution in [0.3, 0.4) is 0 Å². The quantitative estimate of drug-likeness (QED) is 0.755. The van der Waals surface area contributed by atoms with Crippen LogP contribution >= 0.6 is 0 Å². The zero-order valence-electron chi connectivity index (χ0n) is 13.6. The van der Waals surface area contributed by atoms with E-state index in [1.165, 1.54) is 0 Å². The molecule has 2 saturated carbocycles. The van der Waals surface area contributed by atoms with E-state index in [-0.39, 0.29) is 18.2 Å². The second-order valence-electron chi connectivity index (χ2n) is 6.78. The third kappa shape index (κ3) is 4.38. The molecule has 0 radical (unpaired) electrons. The number of hydrogen-bond acceptors (Lipinski definition) is 3. The van der Waals surface area contributed by atoms with Crippen molar-refractivity contribution in [2.75, 3.05) is 13.7 Å². The third-order valence-corrected chi connectivity index (χ3v) is 4.92. The highest BCUT2D eigenvalue weighted by Crippen LogP contribution is 2.41. The lowest BCUT2D eigenvalue weighted by Gasteiger charge is -2.20. The average molecular weight is 318 g/mol. The second kappa shape index (κ2) is 7.21. The van der Waals surface area contributed by atoms with Crippen molar-refractivity contribution in [2.45, 2.75) is 44.2 Å². The molecule has 5 heteroatoms. The van der Waals surface area contributed by atoms with Crippen molar-refractivity contribution in [3.63, 3.8) is 0 Å². The molecule has 5 nitrogen and oxygen atoms in total. The van der Waals surface area contributed by atoms with Gasteiger partial charge in [0, 0.05) is 6.54 Å². The number of aliphatic hydroxyl groups excluding tert-OH is 1. The van der Waals surface area contributed by atoms with Gasteiger partial charge in [0.15, 0.2) is 0 Å². The molecule has 23 heavy (non-hydrogen) atoms. The number of benzene rings is 1. The van der Waals surface area contributed by atoms with Gasteiger partial charge in [-0.25, -0.2) is 4.79 Å². The van der Waals surface area contributed by atoms with Gasteiger partial charge in [-0.05, 0) is 61.6 Å². The SMILES string of the molecule is COc1ccc([C@H](NC(=O)NC[C@@H]2CC[C@H](O)C2)C2CC2)cc1. The van der Waals surface area contributed by atoms with Gasteiger partial charge < -0.3 is 20.5 Å². The van der Waals surface area contributed by atoms with E-state index in [1.807, 2.05) is 24.3 Å². The summed E-state index contributed by atoms with van der Waals surface area (Å²) in [5, 5.41) is 15.6. The molecule has 0 heterocycles. The van der Waals surface area contributed by atoms with E-state index < -0.39 is 0 Å². The van der Waals surface area contributed by atoms with Crippen LogP contribution in [0.15, 0.2) is 24.3 Å². The van der Waals surface area contributed by atoms with E-state index in [9.17, 15) is 9.90 Å². The van der Waals surface area contributed by atoms with Crippen molar-refractivity contribution in [3.05, 3.63) is 29.8 Å². The molecule has 2 amide bonds. The fourth-order valence-electron chi connectivity index (χ4n) is 3.38. The minimum atomic E-state index is -0.191. The number of nitrogens with one attached hydrogen (secondary N) is 2. The van der Waals surface area contributed by atoms with Crippen LogP contribution in [0.4, 0.5) is 4.79 Å². The Balaban J connectivity index is 1.53. The molecule has 126 valence electrons. The Kier molecular flexibility index (Phi) is 5.06. The standard InChI is InChI=1S/C18H26N2O3/c1-23-16-8-5-14(6-9-16)17(13-3-4-13)20-18(22)19-11-12-2-7-15(21)10-12/h5-6,8-9,12-13,15,17,21H,2-4,7,10-11H2,1H3,(H2,19,20,22)/t12-,15+,17-/m1/s1. The molecule has 0 bridgehead atoms. The molecule has 0 aromatic heterocycles. The van der Waals surface area contributed by atoms with Crippen LogP contribution in [0, 0.1) is 11.8 Å². The zero-order chi connectivity index (χ0) is 16.2. The van der Waals surface area contributed by atoms with Gasteiger partial charge in [-0.2, -0.15) is 0 Å². The molecule has 3 atom stereocenters. The Hall–Kier alpha value is -1.75. The van der Waals surface area contributed by atoms with Crippen molar-refractivity contribution >= 4 is 6.03 Å². The zero-order valence-corrected chi connectivity index (χ0v) is 13.6. The van der Waals surface area contributed by atoms with Crippen LogP contribution in [-0.4, -0.2) is 30.9 Å². The van der Waals surface area contributed by atoms with E-state index >= 15 is 0 Å². The first-order chi connectivity index (χ1) is 11.2. The number of ether oxygens (including phenoxy) is 1. The predicted octanol–water partition coefficient (Wildman–Crippen LogP) is 2.61. The molecule has 0 spiro atoms. The fraction of sp³-hybridized carbons (Fsp3) is 0.611. The van der Waals surface area contributed by atoms with Crippen LogP contribution in [-0.2, 0) is 0 Å². The molecule has 0 saturated heterocycles. The third-order valence-electron chi connectivity index (χ3n) is 4.92. The highest BCUT2D eigenvalue weighted by Gasteiger charge is 2.33. The lowest BCUT2D eigenvalue weighted by atomic mass is 10.0. The van der Waals surface area contributed by atoms with Gasteiger partial charge in [0.25, 0.3) is 0 Å². The number of methoxy groups -OCH3 is 1. The van der Waals surface area contributed by atoms with Crippen LogP contribution in [0.1, 0.15) is 43.7 Å². The van der Waals surface area contributed by atoms with Gasteiger partial charge in [0.2, 0.25) is 0 Å². The molecule has 2 aliphatic carbocycles. The second-order valence-corrected chi connectivity index (χ2v) is 6.78. The predicted molar refractivity (Wildman–Crippen MR) is 88.3 cm³/mol. The topological polar surface area (TPSA) is 70.6 Å². The average Bonchev–Trinajstić information content (AvgIpc) is 3.32. The monoisotopic (exact) mass is 318 g/mol. The summed E-state index contributed by atoms with van der Waals surface area (Å²) in [5.41, 5.74) is 1.12. The summed E-state index contributed by atoms with van der Waals surface area (Å²) in [6.45, 7) is 0.642. The maximum absolute atomic E-state index is 12.2. The van der Waals surface area contributed by atoms with Gasteiger partial charge in [0.05, 0.1) is 19.3 Å². The van der Waals surface area contributed by atoms with Crippen molar-refractivity contribution < 1.29 is 14.6 Å². The van der Waals surface area contributed by atoms with E-state index in [1.54, 1.807) is 7.11 Å². The molecule has 1 aromatic carbocycles. The van der Waals surface area contributed by atoms with Crippen LogP contribution in [0.25, 0.3) is 0 Å². The van der Waals surface area contributed by atoms with E-state index in [0.29, 0.717) is 18.4 Å². The molecule has 1 aromatic rings. The number of carbonyl (C=O) groups is 1. The van der Waals surface area contributed by atoms with Crippen molar-refractivity contribution in [1.29, 1.82) is 0 Å². The van der Waals surface area contributed by atoms with E-state index in [0.717, 1.165) is 43.4 Å². The summed E-state index contributed by atoms with van der Waals surface area (Å²) < 4.78 is 5.19. The van der Waals surface area contributed by atoms with Crippen molar-refractivity contribution in [3.8, 4) is 5.75 Å². The maximum Gasteiger partial charge on any atom is 0.315 e. The van der Waals surface area contributed by atoms with Crippen molar-refractivity contribution in [2.24, 2.45) is 11.8 Å². The molecule has 3 rings (SSSR count). The Morgan fingerprint density at radius 2 is 2.00 bits per heavy atom. The maximum atomic E-state index is 12.2. The van der Waals surface area contributed by atoms with Gasteiger partial charge >= 0.3 is 6.03 Å². The summed E-state index contributed by atoms with van der Waals surface area (Å²) >= 11 is 0. The number of urea groups is 1. The van der Waals surface area contributed by atoms with Gasteiger partial charge in [-0.1, -0.05) is 12.1 Å². The molecule has 0 aliphatic heterocycles. The Morgan fingerprint density at radius 3 is 2.57 bits per heavy atom. The van der Waals surface area contributed by atoms with Gasteiger partial charge in [-0.15, -0.1) is 0 Å². The van der Waals surface area contributed by atoms with Gasteiger partial charge in [0.1, 0.15) is 5.75 Å². The minimum Gasteiger partial charge on any atom is -0.497 e. The van der Waals surface area contributed by atoms with Crippen LogP contribution in [0.2, 0.25) is 0 Å². The highest BCUT2D eigenvalue weighted by atomic mass is 16.5. The van der Waals surface area contributed by atoms with Crippen LogP contribution in [0.5, 0.6) is 5.75 Å². The first kappa shape index (κ1) is 16.1. The largest absolute Gasteiger partial charge is 0.497 e. The molecule has 2 fully saturated rings. The first-order valence-electron chi connectivity index (χ1n) is 8.52. The minimum absolute atomic E-state index is 0.0649. The molecular formula is C18H26N2O3. The first-order valence-corrected chi connectivity index (χ1v) is 8.52. The normalized spacial score (nSPS) is 25.0. The molecule has 0 unspecified atom stereocenters. The number of rotatable bonds is 6. The Bertz CT molecular complexity index is 528. The molecule has 3 N–H and O–H groups in total. The summed E-state index contributed by atoms with van der Waals surface area (Å²) in [7, 11) is 1.65. The van der Waals surface area contributed by atoms with Crippen LogP contribution < -0.4 is 15.4 Å². The summed E-state index contributed by atoms with van der Waals surface area (Å²) in [4.78, 5) is 12.2. The highest BCUT2D eigenvalue weighted by molar-refractivity contribution is 5.74. The number of carbonyl (C=O) groups excluding carboxylic acids is 1. The van der Waals surface area contributed by atoms with Crippen molar-refractivity contribution in [1.82, 2.24) is 10.6 Å².